The Bertz CT molecular complexity index is 483. The van der Waals surface area contributed by atoms with Crippen molar-refractivity contribution >= 4 is 42.1 Å². The van der Waals surface area contributed by atoms with E-state index in [1.165, 1.54) is 12.8 Å². The van der Waals surface area contributed by atoms with E-state index in [1.54, 1.807) is 11.3 Å². The Morgan fingerprint density at radius 1 is 1.36 bits per heavy atom. The number of thiazole rings is 1. The molecule has 2 aliphatic rings. The van der Waals surface area contributed by atoms with Crippen molar-refractivity contribution < 1.29 is 4.79 Å². The predicted molar refractivity (Wildman–Crippen MR) is 95.4 cm³/mol. The quantitative estimate of drug-likeness (QED) is 0.891. The molecular formula is C15H25Cl2N3OS. The van der Waals surface area contributed by atoms with Gasteiger partial charge in [0, 0.05) is 37.0 Å². The van der Waals surface area contributed by atoms with Crippen LogP contribution in [0.5, 0.6) is 0 Å². The van der Waals surface area contributed by atoms with Gasteiger partial charge in [0.1, 0.15) is 0 Å². The highest BCUT2D eigenvalue weighted by molar-refractivity contribution is 7.09. The molecule has 0 spiro atoms. The van der Waals surface area contributed by atoms with Crippen LogP contribution in [0.3, 0.4) is 0 Å². The molecule has 2 bridgehead atoms. The number of halogens is 2. The van der Waals surface area contributed by atoms with E-state index in [-0.39, 0.29) is 24.8 Å². The number of aryl methyl sites for hydroxylation is 2. The van der Waals surface area contributed by atoms with Crippen LogP contribution < -0.4 is 5.32 Å². The molecule has 126 valence electrons. The molecule has 22 heavy (non-hydrogen) atoms. The first-order chi connectivity index (χ1) is 9.70. The number of carbonyl (C=O) groups excluding carboxylic acids is 1. The summed E-state index contributed by atoms with van der Waals surface area (Å²) in [4.78, 5) is 18.8. The van der Waals surface area contributed by atoms with Crippen LogP contribution in [0.1, 0.15) is 42.8 Å². The Kier molecular flexibility index (Phi) is 8.11. The Labute approximate surface area is 148 Å². The normalized spacial score (nSPS) is 23.4. The van der Waals surface area contributed by atoms with Gasteiger partial charge in [-0.05, 0) is 39.0 Å². The summed E-state index contributed by atoms with van der Waals surface area (Å²) in [5, 5.41) is 6.84. The van der Waals surface area contributed by atoms with Gasteiger partial charge in [-0.2, -0.15) is 0 Å². The summed E-state index contributed by atoms with van der Waals surface area (Å²) in [5.74, 6) is 0.325. The maximum atomic E-state index is 12.3. The van der Waals surface area contributed by atoms with Crippen LogP contribution in [0.15, 0.2) is 5.38 Å². The highest BCUT2D eigenvalue weighted by Crippen LogP contribution is 2.21. The summed E-state index contributed by atoms with van der Waals surface area (Å²) >= 11 is 1.69. The van der Waals surface area contributed by atoms with Crippen LogP contribution in [0.4, 0.5) is 0 Å². The van der Waals surface area contributed by atoms with Crippen molar-refractivity contribution in [1.82, 2.24) is 15.2 Å². The Morgan fingerprint density at radius 3 is 2.86 bits per heavy atom. The number of fused-ring (bicyclic) bond motifs is 2. The third-order valence-electron chi connectivity index (χ3n) is 4.37. The van der Waals surface area contributed by atoms with Crippen LogP contribution in [0.2, 0.25) is 0 Å². The molecule has 3 heterocycles. The minimum absolute atomic E-state index is 0. The second-order valence-electron chi connectivity index (χ2n) is 5.98. The highest BCUT2D eigenvalue weighted by Gasteiger charge is 2.30. The molecule has 2 aliphatic heterocycles. The first-order valence-corrected chi connectivity index (χ1v) is 8.53. The lowest BCUT2D eigenvalue weighted by Gasteiger charge is -2.24. The Morgan fingerprint density at radius 2 is 2.14 bits per heavy atom. The van der Waals surface area contributed by atoms with E-state index in [1.807, 2.05) is 6.92 Å². The van der Waals surface area contributed by atoms with Gasteiger partial charge in [0.25, 0.3) is 0 Å². The molecule has 2 fully saturated rings. The number of hydrogen-bond acceptors (Lipinski definition) is 4. The molecule has 0 radical (unpaired) electrons. The number of carbonyl (C=O) groups is 1. The second-order valence-corrected chi connectivity index (χ2v) is 7.04. The summed E-state index contributed by atoms with van der Waals surface area (Å²) in [6.07, 6.45) is 6.14. The SMILES string of the molecule is Cc1nc(CCCC(=O)N2CCC3CCC(C2)N3)cs1.Cl.Cl. The fourth-order valence-electron chi connectivity index (χ4n) is 3.27. The van der Waals surface area contributed by atoms with E-state index in [2.05, 4.69) is 20.6 Å². The predicted octanol–water partition coefficient (Wildman–Crippen LogP) is 2.97. The average Bonchev–Trinajstić information content (AvgIpc) is 2.95. The van der Waals surface area contributed by atoms with Gasteiger partial charge in [-0.1, -0.05) is 0 Å². The van der Waals surface area contributed by atoms with Crippen molar-refractivity contribution in [2.75, 3.05) is 13.1 Å². The number of likely N-dealkylation sites (tertiary alicyclic amines) is 1. The van der Waals surface area contributed by atoms with E-state index in [0.717, 1.165) is 43.1 Å². The minimum atomic E-state index is 0. The van der Waals surface area contributed by atoms with Crippen molar-refractivity contribution in [3.63, 3.8) is 0 Å². The van der Waals surface area contributed by atoms with E-state index >= 15 is 0 Å². The van der Waals surface area contributed by atoms with Crippen LogP contribution in [0.25, 0.3) is 0 Å². The fraction of sp³-hybridized carbons (Fsp3) is 0.733. The van der Waals surface area contributed by atoms with Gasteiger partial charge in [-0.3, -0.25) is 4.79 Å². The molecule has 1 amide bonds. The first kappa shape index (κ1) is 19.7. The molecule has 0 aromatic carbocycles. The number of hydrogen-bond donors (Lipinski definition) is 1. The zero-order chi connectivity index (χ0) is 13.9. The van der Waals surface area contributed by atoms with Crippen LogP contribution in [-0.4, -0.2) is 41.0 Å². The molecule has 0 aliphatic carbocycles. The molecular weight excluding hydrogens is 341 g/mol. The van der Waals surface area contributed by atoms with Crippen LogP contribution >= 0.6 is 36.2 Å². The number of aromatic nitrogens is 1. The maximum absolute atomic E-state index is 12.3. The van der Waals surface area contributed by atoms with Gasteiger partial charge < -0.3 is 10.2 Å². The Hall–Kier alpha value is -0.360. The first-order valence-electron chi connectivity index (χ1n) is 7.65. The zero-order valence-electron chi connectivity index (χ0n) is 12.9. The monoisotopic (exact) mass is 365 g/mol. The van der Waals surface area contributed by atoms with E-state index < -0.39 is 0 Å². The highest BCUT2D eigenvalue weighted by atomic mass is 35.5. The second kappa shape index (κ2) is 9.06. The third-order valence-corrected chi connectivity index (χ3v) is 5.19. The molecule has 4 nitrogen and oxygen atoms in total. The number of rotatable bonds is 4. The van der Waals surface area contributed by atoms with Gasteiger partial charge >= 0.3 is 0 Å². The maximum Gasteiger partial charge on any atom is 0.222 e. The summed E-state index contributed by atoms with van der Waals surface area (Å²) in [5.41, 5.74) is 1.14. The van der Waals surface area contributed by atoms with Crippen molar-refractivity contribution in [3.05, 3.63) is 16.1 Å². The number of nitrogens with one attached hydrogen (secondary N) is 1. The zero-order valence-corrected chi connectivity index (χ0v) is 15.4. The molecule has 3 rings (SSSR count). The van der Waals surface area contributed by atoms with Crippen LogP contribution in [0, 0.1) is 6.92 Å². The number of amides is 1. The smallest absolute Gasteiger partial charge is 0.222 e. The number of nitrogens with zero attached hydrogens (tertiary/aromatic N) is 2. The molecule has 2 saturated heterocycles. The molecule has 1 N–H and O–H groups in total. The summed E-state index contributed by atoms with van der Waals surface area (Å²) in [6.45, 7) is 3.87. The van der Waals surface area contributed by atoms with Gasteiger partial charge in [0.2, 0.25) is 5.91 Å². The van der Waals surface area contributed by atoms with Crippen molar-refractivity contribution in [3.8, 4) is 0 Å². The van der Waals surface area contributed by atoms with Gasteiger partial charge in [0.15, 0.2) is 0 Å². The van der Waals surface area contributed by atoms with Crippen molar-refractivity contribution in [1.29, 1.82) is 0 Å². The summed E-state index contributed by atoms with van der Waals surface area (Å²) in [6, 6.07) is 1.18. The van der Waals surface area contributed by atoms with Gasteiger partial charge in [0.05, 0.1) is 10.7 Å². The lowest BCUT2D eigenvalue weighted by molar-refractivity contribution is -0.131. The molecule has 1 aromatic rings. The molecule has 0 saturated carbocycles. The molecule has 7 heteroatoms. The fourth-order valence-corrected chi connectivity index (χ4v) is 3.92. The third kappa shape index (κ3) is 5.08. The molecule has 2 unspecified atom stereocenters. The molecule has 1 aromatic heterocycles. The van der Waals surface area contributed by atoms with Crippen LogP contribution in [-0.2, 0) is 11.2 Å². The van der Waals surface area contributed by atoms with E-state index in [0.29, 0.717) is 24.4 Å². The topological polar surface area (TPSA) is 45.2 Å². The molecule has 2 atom stereocenters. The van der Waals surface area contributed by atoms with Crippen molar-refractivity contribution in [2.45, 2.75) is 57.5 Å². The van der Waals surface area contributed by atoms with Crippen molar-refractivity contribution in [2.24, 2.45) is 0 Å². The average molecular weight is 366 g/mol. The summed E-state index contributed by atoms with van der Waals surface area (Å²) < 4.78 is 0. The van der Waals surface area contributed by atoms with Gasteiger partial charge in [-0.25, -0.2) is 4.98 Å². The Balaban J connectivity index is 0.00000121. The minimum Gasteiger partial charge on any atom is -0.341 e. The lowest BCUT2D eigenvalue weighted by atomic mass is 10.1. The lowest BCUT2D eigenvalue weighted by Crippen LogP contribution is -2.38. The van der Waals surface area contributed by atoms with E-state index in [4.69, 9.17) is 0 Å². The largest absolute Gasteiger partial charge is 0.341 e. The van der Waals surface area contributed by atoms with E-state index in [9.17, 15) is 4.79 Å². The van der Waals surface area contributed by atoms with Gasteiger partial charge in [-0.15, -0.1) is 36.2 Å². The standard InChI is InChI=1S/C15H23N3OS.2ClH/c1-11-16-14(10-20-11)3-2-4-15(19)18-8-7-12-5-6-13(9-18)17-12;;/h10,12-13,17H,2-9H2,1H3;2*1H. The summed E-state index contributed by atoms with van der Waals surface area (Å²) in [7, 11) is 0.